The maximum Gasteiger partial charge on any atom is 0.338 e. The molecule has 2 rings (SSSR count). The Kier molecular flexibility index (Phi) is 4.52. The van der Waals surface area contributed by atoms with Crippen LogP contribution in [0, 0.1) is 12.7 Å². The summed E-state index contributed by atoms with van der Waals surface area (Å²) in [6.07, 6.45) is 0. The summed E-state index contributed by atoms with van der Waals surface area (Å²) in [4.78, 5) is 10.6. The van der Waals surface area contributed by atoms with Gasteiger partial charge in [0.2, 0.25) is 0 Å². The standard InChI is InChI=1S/C14H11BrFNO4S/c1-8-6-9(2-4-12(8)15)17-22(20,21)10-3-5-13(16)11(7-10)14(18)19/h2-7,17H,1H3,(H,18,19). The molecular formula is C14H11BrFNO4S. The molecule has 0 aromatic heterocycles. The highest BCUT2D eigenvalue weighted by Gasteiger charge is 2.19. The van der Waals surface area contributed by atoms with Crippen molar-refractivity contribution in [3.63, 3.8) is 0 Å². The Morgan fingerprint density at radius 3 is 2.50 bits per heavy atom. The van der Waals surface area contributed by atoms with E-state index in [1.807, 2.05) is 0 Å². The fourth-order valence-corrected chi connectivity index (χ4v) is 3.08. The highest BCUT2D eigenvalue weighted by Crippen LogP contribution is 2.23. The minimum atomic E-state index is -4.01. The average molecular weight is 388 g/mol. The van der Waals surface area contributed by atoms with E-state index in [0.29, 0.717) is 5.69 Å². The molecule has 0 spiro atoms. The number of nitrogens with one attached hydrogen (secondary N) is 1. The summed E-state index contributed by atoms with van der Waals surface area (Å²) < 4.78 is 41.0. The van der Waals surface area contributed by atoms with Gasteiger partial charge in [-0.15, -0.1) is 0 Å². The molecule has 0 heterocycles. The Balaban J connectivity index is 2.40. The Morgan fingerprint density at radius 2 is 1.91 bits per heavy atom. The van der Waals surface area contributed by atoms with E-state index >= 15 is 0 Å². The molecule has 0 atom stereocenters. The molecule has 0 aliphatic heterocycles. The van der Waals surface area contributed by atoms with Gasteiger partial charge in [0.15, 0.2) is 0 Å². The van der Waals surface area contributed by atoms with Crippen LogP contribution in [-0.4, -0.2) is 19.5 Å². The lowest BCUT2D eigenvalue weighted by atomic mass is 10.2. The lowest BCUT2D eigenvalue weighted by Crippen LogP contribution is -2.14. The van der Waals surface area contributed by atoms with Crippen LogP contribution in [0.3, 0.4) is 0 Å². The molecule has 2 N–H and O–H groups in total. The number of halogens is 2. The van der Waals surface area contributed by atoms with Gasteiger partial charge in [-0.05, 0) is 48.9 Å². The highest BCUT2D eigenvalue weighted by molar-refractivity contribution is 9.10. The topological polar surface area (TPSA) is 83.5 Å². The Labute approximate surface area is 135 Å². The van der Waals surface area contributed by atoms with E-state index in [9.17, 15) is 17.6 Å². The molecule has 0 aliphatic carbocycles. The van der Waals surface area contributed by atoms with Crippen LogP contribution in [0.5, 0.6) is 0 Å². The van der Waals surface area contributed by atoms with Crippen LogP contribution in [0.2, 0.25) is 0 Å². The zero-order valence-corrected chi connectivity index (χ0v) is 13.7. The van der Waals surface area contributed by atoms with E-state index < -0.39 is 27.4 Å². The van der Waals surface area contributed by atoms with Gasteiger partial charge >= 0.3 is 5.97 Å². The molecule has 5 nitrogen and oxygen atoms in total. The maximum absolute atomic E-state index is 13.3. The van der Waals surface area contributed by atoms with Crippen molar-refractivity contribution in [2.45, 2.75) is 11.8 Å². The van der Waals surface area contributed by atoms with Crippen molar-refractivity contribution in [1.82, 2.24) is 0 Å². The summed E-state index contributed by atoms with van der Waals surface area (Å²) in [5.74, 6) is -2.53. The third-order valence-electron chi connectivity index (χ3n) is 2.89. The monoisotopic (exact) mass is 387 g/mol. The number of carboxylic acid groups (broad SMARTS) is 1. The molecule has 0 radical (unpaired) electrons. The van der Waals surface area contributed by atoms with E-state index in [1.165, 1.54) is 0 Å². The van der Waals surface area contributed by atoms with Crippen LogP contribution in [0.25, 0.3) is 0 Å². The molecule has 0 fully saturated rings. The minimum absolute atomic E-state index is 0.321. The van der Waals surface area contributed by atoms with Gasteiger partial charge in [-0.3, -0.25) is 4.72 Å². The molecular weight excluding hydrogens is 377 g/mol. The average Bonchev–Trinajstić information content (AvgIpc) is 2.42. The number of benzene rings is 2. The normalized spacial score (nSPS) is 11.2. The van der Waals surface area contributed by atoms with Crippen LogP contribution < -0.4 is 4.72 Å². The fourth-order valence-electron chi connectivity index (χ4n) is 1.76. The summed E-state index contributed by atoms with van der Waals surface area (Å²) in [5.41, 5.74) is 0.447. The number of hydrogen-bond acceptors (Lipinski definition) is 3. The zero-order valence-electron chi connectivity index (χ0n) is 11.3. The predicted molar refractivity (Wildman–Crippen MR) is 83.0 cm³/mol. The largest absolute Gasteiger partial charge is 0.478 e. The summed E-state index contributed by atoms with van der Waals surface area (Å²) in [7, 11) is -4.01. The van der Waals surface area contributed by atoms with Gasteiger partial charge < -0.3 is 5.11 Å². The summed E-state index contributed by atoms with van der Waals surface area (Å²) in [5, 5.41) is 8.85. The van der Waals surface area contributed by atoms with Gasteiger partial charge in [0.25, 0.3) is 10.0 Å². The first-order valence-electron chi connectivity index (χ1n) is 6.02. The number of aromatic carboxylic acids is 1. The quantitative estimate of drug-likeness (QED) is 0.841. The molecule has 0 amide bonds. The lowest BCUT2D eigenvalue weighted by Gasteiger charge is -2.10. The van der Waals surface area contributed by atoms with Crippen molar-refractivity contribution >= 4 is 37.6 Å². The second kappa shape index (κ2) is 6.05. The molecule has 0 saturated heterocycles. The van der Waals surface area contributed by atoms with Crippen LogP contribution in [-0.2, 0) is 10.0 Å². The van der Waals surface area contributed by atoms with E-state index in [2.05, 4.69) is 20.7 Å². The van der Waals surface area contributed by atoms with Gasteiger partial charge in [-0.25, -0.2) is 17.6 Å². The predicted octanol–water partition coefficient (Wildman–Crippen LogP) is 3.40. The van der Waals surface area contributed by atoms with Crippen molar-refractivity contribution < 1.29 is 22.7 Å². The minimum Gasteiger partial charge on any atom is -0.478 e. The molecule has 0 bridgehead atoms. The van der Waals surface area contributed by atoms with Gasteiger partial charge in [0.1, 0.15) is 5.82 Å². The second-order valence-corrected chi connectivity index (χ2v) is 7.05. The molecule has 116 valence electrons. The lowest BCUT2D eigenvalue weighted by molar-refractivity contribution is 0.0691. The summed E-state index contributed by atoms with van der Waals surface area (Å²) in [6.45, 7) is 1.79. The molecule has 0 unspecified atom stereocenters. The molecule has 0 saturated carbocycles. The van der Waals surface area contributed by atoms with Crippen LogP contribution in [0.4, 0.5) is 10.1 Å². The third-order valence-corrected chi connectivity index (χ3v) is 5.16. The Hall–Kier alpha value is -1.93. The number of hydrogen-bond donors (Lipinski definition) is 2. The van der Waals surface area contributed by atoms with E-state index in [1.54, 1.807) is 25.1 Å². The maximum atomic E-state index is 13.3. The molecule has 0 aliphatic rings. The van der Waals surface area contributed by atoms with E-state index in [0.717, 1.165) is 28.2 Å². The van der Waals surface area contributed by atoms with Gasteiger partial charge in [-0.1, -0.05) is 15.9 Å². The highest BCUT2D eigenvalue weighted by atomic mass is 79.9. The van der Waals surface area contributed by atoms with E-state index in [-0.39, 0.29) is 4.90 Å². The fraction of sp³-hybridized carbons (Fsp3) is 0.0714. The third kappa shape index (κ3) is 3.45. The summed E-state index contributed by atoms with van der Waals surface area (Å²) in [6, 6.07) is 7.45. The van der Waals surface area contributed by atoms with Gasteiger partial charge in [0, 0.05) is 10.2 Å². The zero-order chi connectivity index (χ0) is 16.5. The van der Waals surface area contributed by atoms with Crippen molar-refractivity contribution in [1.29, 1.82) is 0 Å². The first-order valence-corrected chi connectivity index (χ1v) is 8.30. The van der Waals surface area contributed by atoms with Crippen molar-refractivity contribution in [2.75, 3.05) is 4.72 Å². The van der Waals surface area contributed by atoms with Crippen molar-refractivity contribution in [3.05, 3.63) is 57.8 Å². The van der Waals surface area contributed by atoms with Gasteiger partial charge in [0.05, 0.1) is 10.5 Å². The number of rotatable bonds is 4. The molecule has 8 heteroatoms. The van der Waals surface area contributed by atoms with Crippen molar-refractivity contribution in [2.24, 2.45) is 0 Å². The first-order chi connectivity index (χ1) is 10.2. The molecule has 22 heavy (non-hydrogen) atoms. The van der Waals surface area contributed by atoms with E-state index in [4.69, 9.17) is 5.11 Å². The molecule has 2 aromatic carbocycles. The van der Waals surface area contributed by atoms with Crippen LogP contribution in [0.15, 0.2) is 45.8 Å². The Morgan fingerprint density at radius 1 is 1.23 bits per heavy atom. The van der Waals surface area contributed by atoms with Gasteiger partial charge in [-0.2, -0.15) is 0 Å². The Bertz CT molecular complexity index is 852. The number of carbonyl (C=O) groups is 1. The SMILES string of the molecule is Cc1cc(NS(=O)(=O)c2ccc(F)c(C(=O)O)c2)ccc1Br. The smallest absolute Gasteiger partial charge is 0.338 e. The number of aryl methyl sites for hydroxylation is 1. The molecule has 2 aromatic rings. The van der Waals surface area contributed by atoms with Crippen LogP contribution >= 0.6 is 15.9 Å². The van der Waals surface area contributed by atoms with Crippen molar-refractivity contribution in [3.8, 4) is 0 Å². The second-order valence-electron chi connectivity index (χ2n) is 4.52. The number of carboxylic acids is 1. The van der Waals surface area contributed by atoms with Crippen LogP contribution in [0.1, 0.15) is 15.9 Å². The summed E-state index contributed by atoms with van der Waals surface area (Å²) >= 11 is 3.30. The number of sulfonamides is 1. The number of anilines is 1. The first kappa shape index (κ1) is 16.4.